The molecule has 1 aromatic rings. The summed E-state index contributed by atoms with van der Waals surface area (Å²) in [5, 5.41) is 3.74. The van der Waals surface area contributed by atoms with Crippen LogP contribution in [0.3, 0.4) is 0 Å². The molecule has 0 bridgehead atoms. The fraction of sp³-hybridized carbons (Fsp3) is 0.667. The number of piperazine rings is 1. The summed E-state index contributed by atoms with van der Waals surface area (Å²) >= 11 is 1.60. The molecule has 2 atom stereocenters. The smallest absolute Gasteiger partial charge is 0.246 e. The summed E-state index contributed by atoms with van der Waals surface area (Å²) in [6, 6.07) is -0.762. The summed E-state index contributed by atoms with van der Waals surface area (Å²) in [6.45, 7) is 8.38. The third-order valence-electron chi connectivity index (χ3n) is 3.93. The Hall–Kier alpha value is -1.43. The highest BCUT2D eigenvalue weighted by Gasteiger charge is 2.39. The Balaban J connectivity index is 2.24. The van der Waals surface area contributed by atoms with Crippen LogP contribution < -0.4 is 5.32 Å². The van der Waals surface area contributed by atoms with Crippen LogP contribution in [0.25, 0.3) is 0 Å². The summed E-state index contributed by atoms with van der Waals surface area (Å²) in [6.07, 6.45) is 2.18. The Kier molecular flexibility index (Phi) is 4.98. The lowest BCUT2D eigenvalue weighted by Gasteiger charge is -2.38. The molecule has 1 fully saturated rings. The topological polar surface area (TPSA) is 62.3 Å². The fourth-order valence-corrected chi connectivity index (χ4v) is 3.54. The Labute approximate surface area is 129 Å². The van der Waals surface area contributed by atoms with E-state index in [0.717, 1.165) is 22.0 Å². The number of hydrogen-bond donors (Lipinski definition) is 1. The van der Waals surface area contributed by atoms with Crippen molar-refractivity contribution in [2.75, 3.05) is 0 Å². The molecule has 1 aliphatic heterocycles. The van der Waals surface area contributed by atoms with Gasteiger partial charge in [0.05, 0.1) is 12.2 Å². The normalized spacial score (nSPS) is 22.6. The number of carbonyl (C=O) groups is 2. The molecule has 1 N–H and O–H groups in total. The van der Waals surface area contributed by atoms with Crippen LogP contribution in [0, 0.1) is 13.8 Å². The summed E-state index contributed by atoms with van der Waals surface area (Å²) in [5.74, 6) is -0.0191. The summed E-state index contributed by atoms with van der Waals surface area (Å²) in [4.78, 5) is 32.2. The van der Waals surface area contributed by atoms with Gasteiger partial charge in [0, 0.05) is 4.88 Å². The number of aromatic nitrogens is 1. The van der Waals surface area contributed by atoms with E-state index in [2.05, 4.69) is 10.3 Å². The van der Waals surface area contributed by atoms with Crippen molar-refractivity contribution >= 4 is 23.2 Å². The number of rotatable bonds is 5. The number of hydrogen-bond acceptors (Lipinski definition) is 4. The molecule has 1 aromatic heterocycles. The molecule has 21 heavy (non-hydrogen) atoms. The van der Waals surface area contributed by atoms with Gasteiger partial charge in [0.15, 0.2) is 0 Å². The van der Waals surface area contributed by atoms with Crippen molar-refractivity contribution in [2.45, 2.75) is 65.6 Å². The van der Waals surface area contributed by atoms with Crippen molar-refractivity contribution in [1.29, 1.82) is 0 Å². The average Bonchev–Trinajstić information content (AvgIpc) is 2.76. The number of nitrogens with zero attached hydrogens (tertiary/aromatic N) is 2. The summed E-state index contributed by atoms with van der Waals surface area (Å²) < 4.78 is 0. The minimum atomic E-state index is -0.396. The van der Waals surface area contributed by atoms with E-state index < -0.39 is 6.04 Å². The van der Waals surface area contributed by atoms with Crippen LogP contribution in [-0.2, 0) is 16.1 Å². The standard InChI is InChI=1S/C15H23N3O2S/c1-5-7-12-14(19)17-11(6-2)15(20)18(12)8-13-16-9(3)10(4)21-13/h11-12H,5-8H2,1-4H3,(H,17,19). The molecule has 6 heteroatoms. The summed E-state index contributed by atoms with van der Waals surface area (Å²) in [5.41, 5.74) is 1.00. The van der Waals surface area contributed by atoms with Crippen LogP contribution in [0.2, 0.25) is 0 Å². The zero-order chi connectivity index (χ0) is 15.6. The Bertz CT molecular complexity index is 522. The maximum Gasteiger partial charge on any atom is 0.246 e. The number of thiazole rings is 1. The largest absolute Gasteiger partial charge is 0.343 e. The predicted molar refractivity (Wildman–Crippen MR) is 83.1 cm³/mol. The van der Waals surface area contributed by atoms with E-state index in [1.54, 1.807) is 16.2 Å². The zero-order valence-electron chi connectivity index (χ0n) is 13.1. The second kappa shape index (κ2) is 6.56. The molecular formula is C15H23N3O2S. The third-order valence-corrected chi connectivity index (χ3v) is 4.98. The quantitative estimate of drug-likeness (QED) is 0.906. The Morgan fingerprint density at radius 3 is 2.52 bits per heavy atom. The van der Waals surface area contributed by atoms with Crippen LogP contribution in [-0.4, -0.2) is 33.8 Å². The Morgan fingerprint density at radius 1 is 1.29 bits per heavy atom. The molecule has 2 unspecified atom stereocenters. The van der Waals surface area contributed by atoms with Crippen molar-refractivity contribution in [3.8, 4) is 0 Å². The van der Waals surface area contributed by atoms with Gasteiger partial charge in [-0.05, 0) is 26.7 Å². The van der Waals surface area contributed by atoms with Gasteiger partial charge in [-0.15, -0.1) is 11.3 Å². The first-order valence-corrected chi connectivity index (χ1v) is 8.33. The van der Waals surface area contributed by atoms with E-state index >= 15 is 0 Å². The van der Waals surface area contributed by atoms with E-state index in [1.807, 2.05) is 27.7 Å². The average molecular weight is 309 g/mol. The second-order valence-corrected chi connectivity index (χ2v) is 6.78. The maximum atomic E-state index is 12.6. The lowest BCUT2D eigenvalue weighted by Crippen LogP contribution is -2.62. The lowest BCUT2D eigenvalue weighted by molar-refractivity contribution is -0.150. The molecule has 0 saturated carbocycles. The van der Waals surface area contributed by atoms with Crippen LogP contribution in [0.5, 0.6) is 0 Å². The molecule has 1 aliphatic rings. The third kappa shape index (κ3) is 3.26. The van der Waals surface area contributed by atoms with Crippen molar-refractivity contribution < 1.29 is 9.59 Å². The van der Waals surface area contributed by atoms with Gasteiger partial charge in [0.25, 0.3) is 0 Å². The number of aryl methyl sites for hydroxylation is 2. The van der Waals surface area contributed by atoms with Crippen LogP contribution in [0.15, 0.2) is 0 Å². The van der Waals surface area contributed by atoms with Gasteiger partial charge in [-0.2, -0.15) is 0 Å². The highest BCUT2D eigenvalue weighted by molar-refractivity contribution is 7.11. The van der Waals surface area contributed by atoms with Gasteiger partial charge < -0.3 is 10.2 Å². The van der Waals surface area contributed by atoms with Gasteiger partial charge in [-0.3, -0.25) is 9.59 Å². The molecule has 0 spiro atoms. The van der Waals surface area contributed by atoms with Crippen molar-refractivity contribution in [2.24, 2.45) is 0 Å². The van der Waals surface area contributed by atoms with Crippen molar-refractivity contribution in [3.63, 3.8) is 0 Å². The Morgan fingerprint density at radius 2 is 2.00 bits per heavy atom. The van der Waals surface area contributed by atoms with Gasteiger partial charge in [0.2, 0.25) is 11.8 Å². The molecule has 1 saturated heterocycles. The molecule has 2 amide bonds. The van der Waals surface area contributed by atoms with Crippen molar-refractivity contribution in [3.05, 3.63) is 15.6 Å². The maximum absolute atomic E-state index is 12.6. The van der Waals surface area contributed by atoms with E-state index in [-0.39, 0.29) is 17.9 Å². The second-order valence-electron chi connectivity index (χ2n) is 5.49. The number of nitrogens with one attached hydrogen (secondary N) is 1. The molecular weight excluding hydrogens is 286 g/mol. The molecule has 2 rings (SSSR count). The summed E-state index contributed by atoms with van der Waals surface area (Å²) in [7, 11) is 0. The van der Waals surface area contributed by atoms with E-state index in [0.29, 0.717) is 19.4 Å². The molecule has 5 nitrogen and oxygen atoms in total. The van der Waals surface area contributed by atoms with Crippen LogP contribution in [0.1, 0.15) is 48.7 Å². The van der Waals surface area contributed by atoms with E-state index in [1.165, 1.54) is 0 Å². The van der Waals surface area contributed by atoms with Gasteiger partial charge in [0.1, 0.15) is 17.1 Å². The monoisotopic (exact) mass is 309 g/mol. The first kappa shape index (κ1) is 15.9. The minimum Gasteiger partial charge on any atom is -0.343 e. The predicted octanol–water partition coefficient (Wildman–Crippen LogP) is 2.17. The van der Waals surface area contributed by atoms with Gasteiger partial charge in [-0.25, -0.2) is 4.98 Å². The first-order valence-electron chi connectivity index (χ1n) is 7.51. The molecule has 0 radical (unpaired) electrons. The van der Waals surface area contributed by atoms with Crippen LogP contribution in [0.4, 0.5) is 0 Å². The van der Waals surface area contributed by atoms with E-state index in [9.17, 15) is 9.59 Å². The SMILES string of the molecule is CCCC1C(=O)NC(CC)C(=O)N1Cc1nc(C)c(C)s1. The molecule has 2 heterocycles. The molecule has 116 valence electrons. The van der Waals surface area contributed by atoms with Crippen molar-refractivity contribution in [1.82, 2.24) is 15.2 Å². The number of amides is 2. The minimum absolute atomic E-state index is 0.0149. The molecule has 0 aromatic carbocycles. The zero-order valence-corrected chi connectivity index (χ0v) is 13.9. The van der Waals surface area contributed by atoms with Gasteiger partial charge in [-0.1, -0.05) is 20.3 Å². The molecule has 0 aliphatic carbocycles. The highest BCUT2D eigenvalue weighted by atomic mass is 32.1. The lowest BCUT2D eigenvalue weighted by atomic mass is 10.0. The first-order chi connectivity index (χ1) is 9.97. The fourth-order valence-electron chi connectivity index (χ4n) is 2.60. The van der Waals surface area contributed by atoms with Gasteiger partial charge >= 0.3 is 0 Å². The number of carbonyl (C=O) groups excluding carboxylic acids is 2. The van der Waals surface area contributed by atoms with E-state index in [4.69, 9.17) is 0 Å². The van der Waals surface area contributed by atoms with Crippen LogP contribution >= 0.6 is 11.3 Å². The highest BCUT2D eigenvalue weighted by Crippen LogP contribution is 2.23.